The van der Waals surface area contributed by atoms with Crippen LogP contribution in [0.1, 0.15) is 16.1 Å². The molecule has 0 N–H and O–H groups in total. The third-order valence-electron chi connectivity index (χ3n) is 2.35. The first-order chi connectivity index (χ1) is 8.66. The van der Waals surface area contributed by atoms with E-state index in [2.05, 4.69) is 0 Å². The first kappa shape index (κ1) is 12.6. The number of carbonyl (C=O) groups is 1. The quantitative estimate of drug-likeness (QED) is 0.469. The van der Waals surface area contributed by atoms with Crippen LogP contribution < -0.4 is 0 Å². The molecule has 0 aliphatic heterocycles. The van der Waals surface area contributed by atoms with Gasteiger partial charge in [-0.3, -0.25) is 4.79 Å². The standard InChI is InChI=1S/C14H11FO2S/c1-10-14(6-8-17-10)18-9-7-13(16)11-2-4-12(15)5-3-11/h2-9H,1H3/b9-7+. The summed E-state index contributed by atoms with van der Waals surface area (Å²) in [5.41, 5.74) is 0.470. The number of benzene rings is 1. The molecule has 2 nitrogen and oxygen atoms in total. The van der Waals surface area contributed by atoms with Crippen LogP contribution >= 0.6 is 11.8 Å². The van der Waals surface area contributed by atoms with Crippen LogP contribution in [0, 0.1) is 12.7 Å². The van der Waals surface area contributed by atoms with Crippen LogP contribution in [0.15, 0.2) is 57.4 Å². The molecule has 1 aromatic carbocycles. The Morgan fingerprint density at radius 1 is 1.28 bits per heavy atom. The Morgan fingerprint density at radius 3 is 2.61 bits per heavy atom. The fourth-order valence-corrected chi connectivity index (χ4v) is 2.06. The van der Waals surface area contributed by atoms with Gasteiger partial charge < -0.3 is 4.42 Å². The Balaban J connectivity index is 1.99. The lowest BCUT2D eigenvalue weighted by Gasteiger charge is -1.95. The number of thioether (sulfide) groups is 1. The fraction of sp³-hybridized carbons (Fsp3) is 0.0714. The lowest BCUT2D eigenvalue weighted by molar-refractivity contribution is 0.104. The second kappa shape index (κ2) is 5.69. The number of rotatable bonds is 4. The zero-order valence-corrected chi connectivity index (χ0v) is 10.5. The Bertz CT molecular complexity index is 570. The van der Waals surface area contributed by atoms with Crippen molar-refractivity contribution in [3.63, 3.8) is 0 Å². The maximum atomic E-state index is 12.7. The number of hydrogen-bond acceptors (Lipinski definition) is 3. The second-order valence-electron chi connectivity index (χ2n) is 3.63. The summed E-state index contributed by atoms with van der Waals surface area (Å²) in [5, 5.41) is 1.70. The third-order valence-corrected chi connectivity index (χ3v) is 3.30. The van der Waals surface area contributed by atoms with Crippen molar-refractivity contribution in [2.45, 2.75) is 11.8 Å². The molecule has 0 unspecified atom stereocenters. The van der Waals surface area contributed by atoms with Gasteiger partial charge in [0.25, 0.3) is 0 Å². The summed E-state index contributed by atoms with van der Waals surface area (Å²) in [5.74, 6) is 0.321. The number of furan rings is 1. The molecule has 2 aromatic rings. The number of ketones is 1. The highest BCUT2D eigenvalue weighted by molar-refractivity contribution is 8.02. The lowest BCUT2D eigenvalue weighted by Crippen LogP contribution is -1.93. The van der Waals surface area contributed by atoms with Crippen LogP contribution in [-0.2, 0) is 0 Å². The average Bonchev–Trinajstić information content (AvgIpc) is 2.76. The summed E-state index contributed by atoms with van der Waals surface area (Å²) < 4.78 is 17.8. The Labute approximate surface area is 109 Å². The van der Waals surface area contributed by atoms with E-state index in [9.17, 15) is 9.18 Å². The molecule has 0 saturated heterocycles. The largest absolute Gasteiger partial charge is 0.468 e. The highest BCUT2D eigenvalue weighted by Crippen LogP contribution is 2.24. The number of allylic oxidation sites excluding steroid dienone is 1. The predicted octanol–water partition coefficient (Wildman–Crippen LogP) is 4.22. The first-order valence-corrected chi connectivity index (χ1v) is 6.22. The Morgan fingerprint density at radius 2 is 2.00 bits per heavy atom. The molecule has 0 bridgehead atoms. The highest BCUT2D eigenvalue weighted by atomic mass is 32.2. The molecule has 4 heteroatoms. The molecule has 0 radical (unpaired) electrons. The summed E-state index contributed by atoms with van der Waals surface area (Å²) in [6.45, 7) is 1.86. The maximum absolute atomic E-state index is 12.7. The monoisotopic (exact) mass is 262 g/mol. The minimum absolute atomic E-state index is 0.149. The van der Waals surface area contributed by atoms with E-state index in [-0.39, 0.29) is 11.6 Å². The van der Waals surface area contributed by atoms with Gasteiger partial charge in [0.2, 0.25) is 0 Å². The van der Waals surface area contributed by atoms with Gasteiger partial charge in [0, 0.05) is 5.56 Å². The van der Waals surface area contributed by atoms with Crippen molar-refractivity contribution in [1.29, 1.82) is 0 Å². The number of hydrogen-bond donors (Lipinski definition) is 0. The molecule has 1 heterocycles. The maximum Gasteiger partial charge on any atom is 0.186 e. The van der Waals surface area contributed by atoms with E-state index in [1.165, 1.54) is 42.1 Å². The van der Waals surface area contributed by atoms with Crippen LogP contribution in [0.25, 0.3) is 0 Å². The van der Waals surface area contributed by atoms with Gasteiger partial charge in [-0.15, -0.1) is 0 Å². The summed E-state index contributed by atoms with van der Waals surface area (Å²) in [6.07, 6.45) is 3.07. The summed E-state index contributed by atoms with van der Waals surface area (Å²) in [7, 11) is 0. The van der Waals surface area contributed by atoms with Gasteiger partial charge in [0.05, 0.1) is 11.2 Å². The van der Waals surface area contributed by atoms with Gasteiger partial charge in [-0.1, -0.05) is 11.8 Å². The minimum Gasteiger partial charge on any atom is -0.468 e. The van der Waals surface area contributed by atoms with Crippen molar-refractivity contribution in [3.05, 3.63) is 65.2 Å². The molecule has 92 valence electrons. The number of aryl methyl sites for hydroxylation is 1. The molecule has 0 spiro atoms. The van der Waals surface area contributed by atoms with Crippen LogP contribution in [0.4, 0.5) is 4.39 Å². The molecule has 2 rings (SSSR count). The fourth-order valence-electron chi connectivity index (χ4n) is 1.38. The normalized spacial score (nSPS) is 11.0. The summed E-state index contributed by atoms with van der Waals surface area (Å²) in [6, 6.07) is 7.32. The van der Waals surface area contributed by atoms with E-state index in [0.717, 1.165) is 10.7 Å². The van der Waals surface area contributed by atoms with E-state index in [1.807, 2.05) is 13.0 Å². The highest BCUT2D eigenvalue weighted by Gasteiger charge is 2.02. The van der Waals surface area contributed by atoms with Gasteiger partial charge in [0.1, 0.15) is 11.6 Å². The molecule has 0 aliphatic carbocycles. The van der Waals surface area contributed by atoms with Gasteiger partial charge in [-0.05, 0) is 48.7 Å². The molecule has 1 aromatic heterocycles. The first-order valence-electron chi connectivity index (χ1n) is 5.34. The van der Waals surface area contributed by atoms with Crippen LogP contribution in [-0.4, -0.2) is 5.78 Å². The molecule has 0 atom stereocenters. The lowest BCUT2D eigenvalue weighted by atomic mass is 10.1. The van der Waals surface area contributed by atoms with Crippen molar-refractivity contribution < 1.29 is 13.6 Å². The predicted molar refractivity (Wildman–Crippen MR) is 69.2 cm³/mol. The van der Waals surface area contributed by atoms with Gasteiger partial charge in [-0.2, -0.15) is 0 Å². The summed E-state index contributed by atoms with van der Waals surface area (Å²) in [4.78, 5) is 12.7. The Kier molecular flexibility index (Phi) is 3.99. The van der Waals surface area contributed by atoms with E-state index in [0.29, 0.717) is 5.56 Å². The molecule has 0 aliphatic rings. The van der Waals surface area contributed by atoms with Crippen molar-refractivity contribution in [1.82, 2.24) is 0 Å². The van der Waals surface area contributed by atoms with E-state index >= 15 is 0 Å². The van der Waals surface area contributed by atoms with Crippen LogP contribution in [0.2, 0.25) is 0 Å². The van der Waals surface area contributed by atoms with Gasteiger partial charge in [0.15, 0.2) is 5.78 Å². The van der Waals surface area contributed by atoms with E-state index in [4.69, 9.17) is 4.42 Å². The molecule has 0 fully saturated rings. The molecular formula is C14H11FO2S. The third kappa shape index (κ3) is 3.11. The topological polar surface area (TPSA) is 30.2 Å². The zero-order valence-electron chi connectivity index (χ0n) is 9.72. The second-order valence-corrected chi connectivity index (χ2v) is 4.58. The molecular weight excluding hydrogens is 251 g/mol. The van der Waals surface area contributed by atoms with Crippen molar-refractivity contribution in [2.75, 3.05) is 0 Å². The minimum atomic E-state index is -0.348. The van der Waals surface area contributed by atoms with Crippen LogP contribution in [0.5, 0.6) is 0 Å². The Hall–Kier alpha value is -1.81. The molecule has 0 saturated carbocycles. The van der Waals surface area contributed by atoms with Gasteiger partial charge >= 0.3 is 0 Å². The van der Waals surface area contributed by atoms with Crippen LogP contribution in [0.3, 0.4) is 0 Å². The molecule has 18 heavy (non-hydrogen) atoms. The van der Waals surface area contributed by atoms with Crippen molar-refractivity contribution in [2.24, 2.45) is 0 Å². The SMILES string of the molecule is Cc1occc1S/C=C/C(=O)c1ccc(F)cc1. The van der Waals surface area contributed by atoms with Gasteiger partial charge in [-0.25, -0.2) is 4.39 Å². The number of carbonyl (C=O) groups excluding carboxylic acids is 1. The average molecular weight is 262 g/mol. The van der Waals surface area contributed by atoms with E-state index in [1.54, 1.807) is 11.7 Å². The molecule has 0 amide bonds. The summed E-state index contributed by atoms with van der Waals surface area (Å²) >= 11 is 1.41. The van der Waals surface area contributed by atoms with Crippen molar-refractivity contribution >= 4 is 17.5 Å². The smallest absolute Gasteiger partial charge is 0.186 e. The van der Waals surface area contributed by atoms with Crippen molar-refractivity contribution in [3.8, 4) is 0 Å². The van der Waals surface area contributed by atoms with E-state index < -0.39 is 0 Å². The zero-order chi connectivity index (χ0) is 13.0. The number of halogens is 1.